The first-order valence-corrected chi connectivity index (χ1v) is 7.72. The molecule has 1 unspecified atom stereocenters. The third-order valence-corrected chi connectivity index (χ3v) is 4.80. The van der Waals surface area contributed by atoms with Crippen LogP contribution in [0, 0.1) is 5.92 Å². The zero-order valence-electron chi connectivity index (χ0n) is 12.7. The average Bonchev–Trinajstić information content (AvgIpc) is 3.05. The van der Waals surface area contributed by atoms with Crippen molar-refractivity contribution in [3.63, 3.8) is 0 Å². The van der Waals surface area contributed by atoms with Crippen LogP contribution in [-0.4, -0.2) is 52.8 Å². The molecule has 1 aromatic heterocycles. The number of likely N-dealkylation sites (N-methyl/N-ethyl adjacent to an activating group) is 1. The standard InChI is InChI=1S/C15H21FN4O2/c1-17-14(22)15(20-7-3-5-18-20)4-2-6-19(10-15)13(21)11-8-12(16)9-11/h3,5,7,11-12H,2,4,6,8-10H2,1H3,(H,17,22). The lowest BCUT2D eigenvalue weighted by Gasteiger charge is -2.43. The van der Waals surface area contributed by atoms with Crippen molar-refractivity contribution in [2.45, 2.75) is 37.4 Å². The molecular formula is C15H21FN4O2. The number of likely N-dealkylation sites (tertiary alicyclic amines) is 1. The Bertz CT molecular complexity index is 556. The summed E-state index contributed by atoms with van der Waals surface area (Å²) in [6, 6.07) is 1.77. The van der Waals surface area contributed by atoms with Gasteiger partial charge in [-0.2, -0.15) is 5.10 Å². The highest BCUT2D eigenvalue weighted by atomic mass is 19.1. The van der Waals surface area contributed by atoms with Gasteiger partial charge in [0.15, 0.2) is 5.54 Å². The molecule has 1 N–H and O–H groups in total. The summed E-state index contributed by atoms with van der Waals surface area (Å²) in [7, 11) is 1.59. The van der Waals surface area contributed by atoms with E-state index in [1.54, 1.807) is 35.1 Å². The van der Waals surface area contributed by atoms with Crippen molar-refractivity contribution in [1.82, 2.24) is 20.0 Å². The van der Waals surface area contributed by atoms with E-state index in [1.807, 2.05) is 0 Å². The number of rotatable bonds is 3. The van der Waals surface area contributed by atoms with Gasteiger partial charge in [-0.05, 0) is 31.7 Å². The molecule has 0 radical (unpaired) electrons. The second-order valence-electron chi connectivity index (χ2n) is 6.19. The summed E-state index contributed by atoms with van der Waals surface area (Å²) in [6.07, 6.45) is 4.51. The maximum Gasteiger partial charge on any atom is 0.249 e. The number of aromatic nitrogens is 2. The Labute approximate surface area is 128 Å². The van der Waals surface area contributed by atoms with Crippen molar-refractivity contribution in [3.05, 3.63) is 18.5 Å². The fourth-order valence-corrected chi connectivity index (χ4v) is 3.46. The van der Waals surface area contributed by atoms with Gasteiger partial charge in [0.05, 0.1) is 6.54 Å². The molecule has 1 aromatic rings. The molecule has 1 saturated carbocycles. The molecule has 6 nitrogen and oxygen atoms in total. The van der Waals surface area contributed by atoms with Crippen LogP contribution in [0.25, 0.3) is 0 Å². The molecule has 1 atom stereocenters. The van der Waals surface area contributed by atoms with Crippen molar-refractivity contribution in [2.75, 3.05) is 20.1 Å². The smallest absolute Gasteiger partial charge is 0.249 e. The van der Waals surface area contributed by atoms with Gasteiger partial charge >= 0.3 is 0 Å². The zero-order chi connectivity index (χ0) is 15.7. The first kappa shape index (κ1) is 15.0. The fourth-order valence-electron chi connectivity index (χ4n) is 3.46. The van der Waals surface area contributed by atoms with Crippen LogP contribution in [0.5, 0.6) is 0 Å². The van der Waals surface area contributed by atoms with Gasteiger partial charge in [0.1, 0.15) is 6.17 Å². The lowest BCUT2D eigenvalue weighted by Crippen LogP contribution is -2.60. The van der Waals surface area contributed by atoms with Crippen LogP contribution in [0.4, 0.5) is 4.39 Å². The molecule has 7 heteroatoms. The summed E-state index contributed by atoms with van der Waals surface area (Å²) in [4.78, 5) is 26.7. The fraction of sp³-hybridized carbons (Fsp3) is 0.667. The molecule has 1 saturated heterocycles. The van der Waals surface area contributed by atoms with Crippen molar-refractivity contribution >= 4 is 11.8 Å². The molecule has 2 aliphatic rings. The van der Waals surface area contributed by atoms with Crippen molar-refractivity contribution in [2.24, 2.45) is 5.92 Å². The second-order valence-corrected chi connectivity index (χ2v) is 6.19. The summed E-state index contributed by atoms with van der Waals surface area (Å²) in [6.45, 7) is 0.910. The number of carbonyl (C=O) groups excluding carboxylic acids is 2. The van der Waals surface area contributed by atoms with Crippen LogP contribution in [0.1, 0.15) is 25.7 Å². The summed E-state index contributed by atoms with van der Waals surface area (Å²) in [5, 5.41) is 6.91. The first-order chi connectivity index (χ1) is 10.6. The van der Waals surface area contributed by atoms with Gasteiger partial charge < -0.3 is 10.2 Å². The quantitative estimate of drug-likeness (QED) is 0.893. The van der Waals surface area contributed by atoms with E-state index in [2.05, 4.69) is 10.4 Å². The van der Waals surface area contributed by atoms with E-state index in [9.17, 15) is 14.0 Å². The third-order valence-electron chi connectivity index (χ3n) is 4.80. The lowest BCUT2D eigenvalue weighted by atomic mass is 9.81. The Morgan fingerprint density at radius 2 is 2.18 bits per heavy atom. The molecule has 1 aliphatic heterocycles. The van der Waals surface area contributed by atoms with Crippen molar-refractivity contribution < 1.29 is 14.0 Å². The SMILES string of the molecule is CNC(=O)C1(n2cccn2)CCCN(C(=O)C2CC(F)C2)C1. The molecular weight excluding hydrogens is 287 g/mol. The number of carbonyl (C=O) groups is 2. The maximum atomic E-state index is 13.0. The largest absolute Gasteiger partial charge is 0.357 e. The molecule has 1 aliphatic carbocycles. The number of nitrogens with one attached hydrogen (secondary N) is 1. The average molecular weight is 308 g/mol. The Morgan fingerprint density at radius 3 is 2.77 bits per heavy atom. The molecule has 3 rings (SSSR count). The maximum absolute atomic E-state index is 13.0. The van der Waals surface area contributed by atoms with Gasteiger partial charge in [0.2, 0.25) is 11.8 Å². The Hall–Kier alpha value is -1.92. The topological polar surface area (TPSA) is 67.2 Å². The Balaban J connectivity index is 1.82. The van der Waals surface area contributed by atoms with Gasteiger partial charge in [-0.3, -0.25) is 14.3 Å². The Kier molecular flexibility index (Phi) is 3.88. The number of hydrogen-bond acceptors (Lipinski definition) is 3. The molecule has 2 amide bonds. The van der Waals surface area contributed by atoms with Gasteiger partial charge in [-0.15, -0.1) is 0 Å². The van der Waals surface area contributed by atoms with E-state index >= 15 is 0 Å². The van der Waals surface area contributed by atoms with E-state index in [4.69, 9.17) is 0 Å². The van der Waals surface area contributed by atoms with Gasteiger partial charge in [-0.25, -0.2) is 4.39 Å². The van der Waals surface area contributed by atoms with Crippen LogP contribution >= 0.6 is 0 Å². The highest BCUT2D eigenvalue weighted by Gasteiger charge is 2.47. The molecule has 120 valence electrons. The number of nitrogens with zero attached hydrogens (tertiary/aromatic N) is 3. The summed E-state index contributed by atoms with van der Waals surface area (Å²) in [5.41, 5.74) is -0.870. The van der Waals surface area contributed by atoms with Gasteiger partial charge in [-0.1, -0.05) is 0 Å². The molecule has 0 aromatic carbocycles. The number of alkyl halides is 1. The van der Waals surface area contributed by atoms with E-state index in [0.29, 0.717) is 32.4 Å². The third kappa shape index (κ3) is 2.38. The van der Waals surface area contributed by atoms with Crippen LogP contribution < -0.4 is 5.32 Å². The zero-order valence-corrected chi connectivity index (χ0v) is 12.7. The molecule has 0 bridgehead atoms. The molecule has 0 spiro atoms. The van der Waals surface area contributed by atoms with Crippen molar-refractivity contribution in [1.29, 1.82) is 0 Å². The minimum absolute atomic E-state index is 0.0333. The van der Waals surface area contributed by atoms with E-state index in [1.165, 1.54) is 0 Å². The highest BCUT2D eigenvalue weighted by molar-refractivity contribution is 5.86. The van der Waals surface area contributed by atoms with E-state index in [-0.39, 0.29) is 17.7 Å². The second kappa shape index (κ2) is 5.70. The minimum atomic E-state index is -0.870. The molecule has 22 heavy (non-hydrogen) atoms. The number of piperidine rings is 1. The van der Waals surface area contributed by atoms with Crippen LogP contribution in [0.3, 0.4) is 0 Å². The summed E-state index contributed by atoms with van der Waals surface area (Å²) >= 11 is 0. The van der Waals surface area contributed by atoms with E-state index < -0.39 is 11.7 Å². The number of amides is 2. The summed E-state index contributed by atoms with van der Waals surface area (Å²) < 4.78 is 14.6. The Morgan fingerprint density at radius 1 is 1.41 bits per heavy atom. The molecule has 2 heterocycles. The number of hydrogen-bond donors (Lipinski definition) is 1. The van der Waals surface area contributed by atoms with Crippen LogP contribution in [0.15, 0.2) is 18.5 Å². The minimum Gasteiger partial charge on any atom is -0.357 e. The van der Waals surface area contributed by atoms with E-state index in [0.717, 1.165) is 6.42 Å². The van der Waals surface area contributed by atoms with Crippen LogP contribution in [0.2, 0.25) is 0 Å². The van der Waals surface area contributed by atoms with Crippen LogP contribution in [-0.2, 0) is 15.1 Å². The predicted molar refractivity (Wildman–Crippen MR) is 77.7 cm³/mol. The van der Waals surface area contributed by atoms with Crippen molar-refractivity contribution in [3.8, 4) is 0 Å². The lowest BCUT2D eigenvalue weighted by molar-refractivity contribution is -0.147. The summed E-state index contributed by atoms with van der Waals surface area (Å²) in [5.74, 6) is -0.409. The predicted octanol–water partition coefficient (Wildman–Crippen LogP) is 0.695. The normalized spacial score (nSPS) is 31.5. The number of halogens is 1. The first-order valence-electron chi connectivity index (χ1n) is 7.72. The monoisotopic (exact) mass is 308 g/mol. The van der Waals surface area contributed by atoms with Gasteiger partial charge in [0, 0.05) is 31.9 Å². The molecule has 2 fully saturated rings. The highest BCUT2D eigenvalue weighted by Crippen LogP contribution is 2.35. The van der Waals surface area contributed by atoms with Gasteiger partial charge in [0.25, 0.3) is 0 Å².